The second kappa shape index (κ2) is 8.41. The van der Waals surface area contributed by atoms with E-state index in [2.05, 4.69) is 26.6 Å². The van der Waals surface area contributed by atoms with E-state index in [9.17, 15) is 13.2 Å². The van der Waals surface area contributed by atoms with Crippen molar-refractivity contribution in [2.45, 2.75) is 4.90 Å². The molecular weight excluding hydrogens is 424 g/mol. The zero-order valence-corrected chi connectivity index (χ0v) is 16.9. The molecule has 2 aromatic carbocycles. The van der Waals surface area contributed by atoms with Crippen molar-refractivity contribution in [3.8, 4) is 11.5 Å². The highest BCUT2D eigenvalue weighted by molar-refractivity contribution is 9.10. The Morgan fingerprint density at radius 1 is 1.12 bits per heavy atom. The van der Waals surface area contributed by atoms with Gasteiger partial charge in [-0.3, -0.25) is 4.79 Å². The predicted molar refractivity (Wildman–Crippen MR) is 104 cm³/mol. The number of rotatable bonds is 7. The Morgan fingerprint density at radius 3 is 2.46 bits per heavy atom. The summed E-state index contributed by atoms with van der Waals surface area (Å²) in [6, 6.07) is 9.93. The number of halogens is 1. The van der Waals surface area contributed by atoms with Crippen LogP contribution in [0, 0.1) is 0 Å². The van der Waals surface area contributed by atoms with Crippen LogP contribution in [0.5, 0.6) is 11.5 Å². The molecule has 0 spiro atoms. The zero-order valence-electron chi connectivity index (χ0n) is 14.5. The quantitative estimate of drug-likeness (QED) is 0.684. The molecular formula is C17H19BrN2O5S. The number of benzene rings is 2. The molecule has 2 aromatic rings. The average Bonchev–Trinajstić information content (AvgIpc) is 2.59. The molecule has 0 radical (unpaired) electrons. The van der Waals surface area contributed by atoms with Crippen molar-refractivity contribution in [2.75, 3.05) is 37.7 Å². The van der Waals surface area contributed by atoms with Crippen LogP contribution in [0.25, 0.3) is 0 Å². The van der Waals surface area contributed by atoms with E-state index in [1.54, 1.807) is 36.4 Å². The van der Waals surface area contributed by atoms with Crippen LogP contribution in [-0.4, -0.2) is 41.3 Å². The van der Waals surface area contributed by atoms with Gasteiger partial charge in [-0.1, -0.05) is 6.07 Å². The number of nitrogens with one attached hydrogen (secondary N) is 2. The van der Waals surface area contributed by atoms with Gasteiger partial charge in [0.1, 0.15) is 16.4 Å². The smallest absolute Gasteiger partial charge is 0.243 e. The lowest BCUT2D eigenvalue weighted by atomic mass is 10.2. The largest absolute Gasteiger partial charge is 0.497 e. The van der Waals surface area contributed by atoms with E-state index in [0.717, 1.165) is 6.26 Å². The first-order valence-corrected chi connectivity index (χ1v) is 10.2. The van der Waals surface area contributed by atoms with Gasteiger partial charge in [-0.25, -0.2) is 8.42 Å². The minimum Gasteiger partial charge on any atom is -0.497 e. The summed E-state index contributed by atoms with van der Waals surface area (Å²) in [5.41, 5.74) is 0.830. The molecule has 0 saturated carbocycles. The van der Waals surface area contributed by atoms with E-state index in [-0.39, 0.29) is 17.3 Å². The van der Waals surface area contributed by atoms with E-state index in [1.165, 1.54) is 14.2 Å². The van der Waals surface area contributed by atoms with Gasteiger partial charge in [-0.05, 0) is 40.2 Å². The maximum absolute atomic E-state index is 12.2. The van der Waals surface area contributed by atoms with Crippen LogP contribution in [-0.2, 0) is 14.6 Å². The molecule has 0 aliphatic carbocycles. The minimum atomic E-state index is -3.46. The second-order valence-electron chi connectivity index (χ2n) is 5.36. The maximum Gasteiger partial charge on any atom is 0.243 e. The minimum absolute atomic E-state index is 0.106. The van der Waals surface area contributed by atoms with Crippen molar-refractivity contribution < 1.29 is 22.7 Å². The molecule has 0 fully saturated rings. The fourth-order valence-electron chi connectivity index (χ4n) is 2.30. The van der Waals surface area contributed by atoms with Gasteiger partial charge in [0, 0.05) is 16.8 Å². The number of amides is 1. The predicted octanol–water partition coefficient (Wildman–Crippen LogP) is 2.92. The van der Waals surface area contributed by atoms with Crippen LogP contribution in [0.2, 0.25) is 0 Å². The van der Waals surface area contributed by atoms with E-state index >= 15 is 0 Å². The van der Waals surface area contributed by atoms with Crippen LogP contribution in [0.15, 0.2) is 45.8 Å². The summed E-state index contributed by atoms with van der Waals surface area (Å²) in [4.78, 5) is 12.3. The summed E-state index contributed by atoms with van der Waals surface area (Å²) in [5, 5.41) is 5.57. The van der Waals surface area contributed by atoms with Crippen LogP contribution in [0.3, 0.4) is 0 Å². The van der Waals surface area contributed by atoms with Gasteiger partial charge in [0.15, 0.2) is 9.84 Å². The third-order valence-corrected chi connectivity index (χ3v) is 5.56. The Morgan fingerprint density at radius 2 is 1.85 bits per heavy atom. The van der Waals surface area contributed by atoms with Gasteiger partial charge in [0.2, 0.25) is 5.91 Å². The molecule has 9 heteroatoms. The fourth-order valence-corrected chi connectivity index (χ4v) is 4.51. The number of anilines is 2. The topological polar surface area (TPSA) is 93.7 Å². The summed E-state index contributed by atoms with van der Waals surface area (Å²) in [7, 11) is -0.440. The van der Waals surface area contributed by atoms with Crippen molar-refractivity contribution in [1.82, 2.24) is 0 Å². The number of ether oxygens (including phenoxy) is 2. The molecule has 1 amide bonds. The van der Waals surface area contributed by atoms with Crippen LogP contribution >= 0.6 is 15.9 Å². The Balaban J connectivity index is 2.13. The van der Waals surface area contributed by atoms with Gasteiger partial charge in [0.25, 0.3) is 0 Å². The molecule has 0 atom stereocenters. The third kappa shape index (κ3) is 4.89. The summed E-state index contributed by atoms with van der Waals surface area (Å²) < 4.78 is 34.7. The lowest BCUT2D eigenvalue weighted by Crippen LogP contribution is -2.23. The van der Waals surface area contributed by atoms with Crippen molar-refractivity contribution in [2.24, 2.45) is 0 Å². The van der Waals surface area contributed by atoms with Crippen molar-refractivity contribution in [1.29, 1.82) is 0 Å². The van der Waals surface area contributed by atoms with E-state index < -0.39 is 9.84 Å². The van der Waals surface area contributed by atoms with Gasteiger partial charge >= 0.3 is 0 Å². The Hall–Kier alpha value is -2.26. The number of hydrogen-bond donors (Lipinski definition) is 2. The molecule has 2 N–H and O–H groups in total. The fraction of sp³-hybridized carbons (Fsp3) is 0.235. The van der Waals surface area contributed by atoms with Gasteiger partial charge < -0.3 is 20.1 Å². The van der Waals surface area contributed by atoms with Crippen LogP contribution < -0.4 is 20.1 Å². The highest BCUT2D eigenvalue weighted by Gasteiger charge is 2.18. The first kappa shape index (κ1) is 20.1. The highest BCUT2D eigenvalue weighted by atomic mass is 79.9. The molecule has 0 aliphatic rings. The molecule has 0 aliphatic heterocycles. The molecule has 2 rings (SSSR count). The first-order valence-electron chi connectivity index (χ1n) is 7.50. The standard InChI is InChI=1S/C17H19BrN2O5S/c1-24-11-7-8-13(15(9-11)25-2)20-16(21)10-19-14-6-4-5-12(18)17(14)26(3,22)23/h4-9,19H,10H2,1-3H3,(H,20,21). The van der Waals surface area contributed by atoms with Crippen LogP contribution in [0.4, 0.5) is 11.4 Å². The number of sulfone groups is 1. The number of carbonyl (C=O) groups is 1. The normalized spacial score (nSPS) is 10.9. The molecule has 26 heavy (non-hydrogen) atoms. The van der Waals surface area contributed by atoms with E-state index in [0.29, 0.717) is 27.3 Å². The molecule has 0 saturated heterocycles. The first-order chi connectivity index (χ1) is 12.3. The number of methoxy groups -OCH3 is 2. The molecule has 140 valence electrons. The Kier molecular flexibility index (Phi) is 6.49. The number of carbonyl (C=O) groups excluding carboxylic acids is 1. The summed E-state index contributed by atoms with van der Waals surface area (Å²) in [6.45, 7) is -0.117. The lowest BCUT2D eigenvalue weighted by Gasteiger charge is -2.14. The van der Waals surface area contributed by atoms with Gasteiger partial charge in [-0.15, -0.1) is 0 Å². The maximum atomic E-state index is 12.2. The van der Waals surface area contributed by atoms with Crippen LogP contribution in [0.1, 0.15) is 0 Å². The monoisotopic (exact) mass is 442 g/mol. The Bertz CT molecular complexity index is 915. The SMILES string of the molecule is COc1ccc(NC(=O)CNc2cccc(Br)c2S(C)(=O)=O)c(OC)c1. The van der Waals surface area contributed by atoms with E-state index in [4.69, 9.17) is 9.47 Å². The average molecular weight is 443 g/mol. The third-order valence-electron chi connectivity index (χ3n) is 3.46. The molecule has 0 heterocycles. The van der Waals surface area contributed by atoms with Gasteiger partial charge in [0.05, 0.1) is 32.1 Å². The zero-order chi connectivity index (χ0) is 19.3. The second-order valence-corrected chi connectivity index (χ2v) is 8.16. The number of hydrogen-bond acceptors (Lipinski definition) is 6. The Labute approximate surface area is 160 Å². The van der Waals surface area contributed by atoms with Crippen molar-refractivity contribution in [3.05, 3.63) is 40.9 Å². The van der Waals surface area contributed by atoms with Gasteiger partial charge in [-0.2, -0.15) is 0 Å². The highest BCUT2D eigenvalue weighted by Crippen LogP contribution is 2.30. The molecule has 0 bridgehead atoms. The molecule has 0 unspecified atom stereocenters. The van der Waals surface area contributed by atoms with E-state index in [1.807, 2.05) is 0 Å². The van der Waals surface area contributed by atoms with Crippen molar-refractivity contribution in [3.63, 3.8) is 0 Å². The lowest BCUT2D eigenvalue weighted by molar-refractivity contribution is -0.114. The molecule has 7 nitrogen and oxygen atoms in total. The van der Waals surface area contributed by atoms with Crippen molar-refractivity contribution >= 4 is 43.0 Å². The summed E-state index contributed by atoms with van der Waals surface area (Å²) >= 11 is 3.23. The summed E-state index contributed by atoms with van der Waals surface area (Å²) in [6.07, 6.45) is 1.11. The summed E-state index contributed by atoms with van der Waals surface area (Å²) in [5.74, 6) is 0.703. The molecule has 0 aromatic heterocycles.